The van der Waals surface area contributed by atoms with E-state index in [0.717, 1.165) is 17.3 Å². The zero-order valence-corrected chi connectivity index (χ0v) is 10.4. The number of anilines is 1. The zero-order chi connectivity index (χ0) is 11.4. The third kappa shape index (κ3) is 3.13. The maximum atomic E-state index is 5.86. The van der Waals surface area contributed by atoms with Gasteiger partial charge in [0.25, 0.3) is 0 Å². The first-order valence-corrected chi connectivity index (χ1v) is 6.39. The molecule has 1 heterocycles. The molecule has 2 unspecified atom stereocenters. The molecule has 1 saturated heterocycles. The van der Waals surface area contributed by atoms with Crippen molar-refractivity contribution in [3.05, 3.63) is 29.3 Å². The maximum absolute atomic E-state index is 5.86. The lowest BCUT2D eigenvalue weighted by molar-refractivity contribution is 0.372. The van der Waals surface area contributed by atoms with E-state index in [2.05, 4.69) is 17.6 Å². The highest BCUT2D eigenvalue weighted by Gasteiger charge is 2.18. The van der Waals surface area contributed by atoms with Gasteiger partial charge in [0, 0.05) is 22.8 Å². The van der Waals surface area contributed by atoms with E-state index in [1.165, 1.54) is 19.3 Å². The van der Waals surface area contributed by atoms with Gasteiger partial charge in [0.05, 0.1) is 0 Å². The van der Waals surface area contributed by atoms with Crippen LogP contribution in [0.4, 0.5) is 5.69 Å². The molecular formula is C13H19ClN2. The molecule has 1 aliphatic rings. The highest BCUT2D eigenvalue weighted by molar-refractivity contribution is 6.30. The van der Waals surface area contributed by atoms with Gasteiger partial charge in [-0.2, -0.15) is 0 Å². The normalized spacial score (nSPS) is 22.8. The Morgan fingerprint density at radius 1 is 1.31 bits per heavy atom. The maximum Gasteiger partial charge on any atom is 0.0407 e. The van der Waals surface area contributed by atoms with Crippen LogP contribution in [0.1, 0.15) is 26.2 Å². The van der Waals surface area contributed by atoms with E-state index in [9.17, 15) is 0 Å². The topological polar surface area (TPSA) is 24.1 Å². The molecule has 1 aromatic rings. The molecule has 1 aromatic carbocycles. The molecule has 2 N–H and O–H groups in total. The van der Waals surface area contributed by atoms with Crippen LogP contribution in [0.5, 0.6) is 0 Å². The Bertz CT molecular complexity index is 317. The van der Waals surface area contributed by atoms with Crippen LogP contribution in [0.2, 0.25) is 5.02 Å². The summed E-state index contributed by atoms with van der Waals surface area (Å²) in [5.74, 6) is 0. The van der Waals surface area contributed by atoms with Gasteiger partial charge in [-0.25, -0.2) is 0 Å². The second-order valence-electron chi connectivity index (χ2n) is 4.50. The van der Waals surface area contributed by atoms with Gasteiger partial charge in [-0.05, 0) is 50.6 Å². The molecule has 2 rings (SSSR count). The lowest BCUT2D eigenvalue weighted by Gasteiger charge is -2.30. The summed E-state index contributed by atoms with van der Waals surface area (Å²) in [6, 6.07) is 8.95. The Morgan fingerprint density at radius 2 is 2.06 bits per heavy atom. The van der Waals surface area contributed by atoms with Crippen LogP contribution in [-0.2, 0) is 0 Å². The molecule has 1 fully saturated rings. The molecule has 0 radical (unpaired) electrons. The van der Waals surface area contributed by atoms with Crippen molar-refractivity contribution in [3.63, 3.8) is 0 Å². The molecule has 0 aliphatic carbocycles. The summed E-state index contributed by atoms with van der Waals surface area (Å²) in [6.45, 7) is 3.38. The first kappa shape index (κ1) is 11.7. The predicted molar refractivity (Wildman–Crippen MR) is 70.2 cm³/mol. The van der Waals surface area contributed by atoms with Crippen molar-refractivity contribution in [1.29, 1.82) is 0 Å². The van der Waals surface area contributed by atoms with Gasteiger partial charge in [-0.3, -0.25) is 0 Å². The van der Waals surface area contributed by atoms with Crippen LogP contribution < -0.4 is 10.6 Å². The Labute approximate surface area is 102 Å². The molecule has 1 aliphatic heterocycles. The number of halogens is 1. The monoisotopic (exact) mass is 238 g/mol. The highest BCUT2D eigenvalue weighted by atomic mass is 35.5. The van der Waals surface area contributed by atoms with Gasteiger partial charge in [-0.15, -0.1) is 0 Å². The van der Waals surface area contributed by atoms with E-state index in [-0.39, 0.29) is 0 Å². The standard InChI is InChI=1S/C13H19ClN2/c1-10(13-4-2-3-9-15-13)16-12-7-5-11(14)6-8-12/h5-8,10,13,15-16H,2-4,9H2,1H3. The molecular weight excluding hydrogens is 220 g/mol. The summed E-state index contributed by atoms with van der Waals surface area (Å²) in [6.07, 6.45) is 3.91. The number of hydrogen-bond acceptors (Lipinski definition) is 2. The summed E-state index contributed by atoms with van der Waals surface area (Å²) >= 11 is 5.86. The predicted octanol–water partition coefficient (Wildman–Crippen LogP) is 3.28. The van der Waals surface area contributed by atoms with Crippen molar-refractivity contribution < 1.29 is 0 Å². The quantitative estimate of drug-likeness (QED) is 0.845. The molecule has 0 bridgehead atoms. The molecule has 2 atom stereocenters. The zero-order valence-electron chi connectivity index (χ0n) is 9.67. The van der Waals surface area contributed by atoms with Gasteiger partial charge in [0.1, 0.15) is 0 Å². The van der Waals surface area contributed by atoms with Gasteiger partial charge < -0.3 is 10.6 Å². The largest absolute Gasteiger partial charge is 0.381 e. The van der Waals surface area contributed by atoms with E-state index in [4.69, 9.17) is 11.6 Å². The van der Waals surface area contributed by atoms with Crippen molar-refractivity contribution in [1.82, 2.24) is 5.32 Å². The molecule has 3 heteroatoms. The van der Waals surface area contributed by atoms with Gasteiger partial charge >= 0.3 is 0 Å². The summed E-state index contributed by atoms with van der Waals surface area (Å²) in [5.41, 5.74) is 1.14. The molecule has 16 heavy (non-hydrogen) atoms. The van der Waals surface area contributed by atoms with E-state index < -0.39 is 0 Å². The third-order valence-electron chi connectivity index (χ3n) is 3.19. The Hall–Kier alpha value is -0.730. The van der Waals surface area contributed by atoms with Crippen LogP contribution in [-0.4, -0.2) is 18.6 Å². The Morgan fingerprint density at radius 3 is 2.69 bits per heavy atom. The molecule has 0 saturated carbocycles. The summed E-state index contributed by atoms with van der Waals surface area (Å²) in [7, 11) is 0. The minimum absolute atomic E-state index is 0.460. The lowest BCUT2D eigenvalue weighted by atomic mass is 9.99. The molecule has 0 aromatic heterocycles. The fraction of sp³-hybridized carbons (Fsp3) is 0.538. The van der Waals surface area contributed by atoms with Crippen LogP contribution in [0, 0.1) is 0 Å². The first-order valence-electron chi connectivity index (χ1n) is 6.01. The van der Waals surface area contributed by atoms with Crippen LogP contribution in [0.25, 0.3) is 0 Å². The van der Waals surface area contributed by atoms with Gasteiger partial charge in [0.2, 0.25) is 0 Å². The fourth-order valence-corrected chi connectivity index (χ4v) is 2.34. The van der Waals surface area contributed by atoms with E-state index in [0.29, 0.717) is 12.1 Å². The molecule has 0 amide bonds. The van der Waals surface area contributed by atoms with Crippen LogP contribution in [0.15, 0.2) is 24.3 Å². The summed E-state index contributed by atoms with van der Waals surface area (Å²) in [5, 5.41) is 7.87. The average Bonchev–Trinajstić information content (AvgIpc) is 2.33. The highest BCUT2D eigenvalue weighted by Crippen LogP contribution is 2.17. The lowest BCUT2D eigenvalue weighted by Crippen LogP contribution is -2.45. The summed E-state index contributed by atoms with van der Waals surface area (Å²) in [4.78, 5) is 0. The first-order chi connectivity index (χ1) is 7.75. The van der Waals surface area contributed by atoms with Crippen LogP contribution in [0.3, 0.4) is 0 Å². The van der Waals surface area contributed by atoms with E-state index >= 15 is 0 Å². The second kappa shape index (κ2) is 5.55. The van der Waals surface area contributed by atoms with Gasteiger partial charge in [0.15, 0.2) is 0 Å². The molecule has 2 nitrogen and oxygen atoms in total. The summed E-state index contributed by atoms with van der Waals surface area (Å²) < 4.78 is 0. The minimum Gasteiger partial charge on any atom is -0.381 e. The SMILES string of the molecule is CC(Nc1ccc(Cl)cc1)C1CCCCN1. The number of hydrogen-bond donors (Lipinski definition) is 2. The number of rotatable bonds is 3. The van der Waals surface area contributed by atoms with Gasteiger partial charge in [-0.1, -0.05) is 18.0 Å². The number of piperidine rings is 1. The number of benzene rings is 1. The van der Waals surface area contributed by atoms with Crippen LogP contribution >= 0.6 is 11.6 Å². The molecule has 88 valence electrons. The number of nitrogens with one attached hydrogen (secondary N) is 2. The minimum atomic E-state index is 0.460. The Balaban J connectivity index is 1.90. The smallest absolute Gasteiger partial charge is 0.0407 e. The third-order valence-corrected chi connectivity index (χ3v) is 3.44. The second-order valence-corrected chi connectivity index (χ2v) is 4.93. The fourth-order valence-electron chi connectivity index (χ4n) is 2.22. The van der Waals surface area contributed by atoms with E-state index in [1.54, 1.807) is 0 Å². The average molecular weight is 239 g/mol. The molecule has 0 spiro atoms. The van der Waals surface area contributed by atoms with Crippen molar-refractivity contribution >= 4 is 17.3 Å². The van der Waals surface area contributed by atoms with E-state index in [1.807, 2.05) is 24.3 Å². The van der Waals surface area contributed by atoms with Crippen molar-refractivity contribution in [2.45, 2.75) is 38.3 Å². The van der Waals surface area contributed by atoms with Crippen molar-refractivity contribution in [2.75, 3.05) is 11.9 Å². The Kier molecular flexibility index (Phi) is 4.08. The van der Waals surface area contributed by atoms with Crippen molar-refractivity contribution in [2.24, 2.45) is 0 Å². The van der Waals surface area contributed by atoms with Crippen molar-refractivity contribution in [3.8, 4) is 0 Å².